The molecule has 0 bridgehead atoms. The molecule has 0 fully saturated rings. The van der Waals surface area contributed by atoms with Gasteiger partial charge in [-0.1, -0.05) is 42.5 Å². The van der Waals surface area contributed by atoms with Crippen LogP contribution in [0, 0.1) is 0 Å². The van der Waals surface area contributed by atoms with Gasteiger partial charge in [-0.05, 0) is 31.2 Å². The molecule has 0 saturated carbocycles. The Balaban J connectivity index is 0.00000306. The molecule has 1 aromatic heterocycles. The average Bonchev–Trinajstić information content (AvgIpc) is 2.78. The number of ketones is 1. The maximum Gasteiger partial charge on any atom is 1.00 e. The van der Waals surface area contributed by atoms with Crippen LogP contribution in [-0.4, -0.2) is 23.7 Å². The number of anilines is 1. The summed E-state index contributed by atoms with van der Waals surface area (Å²) < 4.78 is 35.2. The topological polar surface area (TPSA) is 138 Å². The van der Waals surface area contributed by atoms with Crippen LogP contribution in [0.25, 0.3) is 22.0 Å². The van der Waals surface area contributed by atoms with E-state index >= 15 is 0 Å². The first kappa shape index (κ1) is 24.7. The summed E-state index contributed by atoms with van der Waals surface area (Å²) in [6.07, 6.45) is 1.49. The first-order chi connectivity index (χ1) is 15.2. The van der Waals surface area contributed by atoms with Gasteiger partial charge in [0, 0.05) is 21.9 Å². The number of fused-ring (bicyclic) bond motifs is 1. The Labute approximate surface area is 212 Å². The quantitative estimate of drug-likeness (QED) is 0.156. The molecular weight excluding hydrogens is 451 g/mol. The number of benzene rings is 3. The third kappa shape index (κ3) is 5.35. The first-order valence-corrected chi connectivity index (χ1v) is 10.9. The van der Waals surface area contributed by atoms with Crippen molar-refractivity contribution in [1.82, 2.24) is 4.98 Å². The van der Waals surface area contributed by atoms with Gasteiger partial charge in [0.05, 0.1) is 22.5 Å². The molecule has 0 unspecified atom stereocenters. The Bertz CT molecular complexity index is 1490. The smallest absolute Gasteiger partial charge is 0.744 e. The van der Waals surface area contributed by atoms with Gasteiger partial charge >= 0.3 is 29.6 Å². The van der Waals surface area contributed by atoms with Crippen molar-refractivity contribution in [3.05, 3.63) is 78.5 Å². The van der Waals surface area contributed by atoms with Gasteiger partial charge in [0.1, 0.15) is 21.5 Å². The van der Waals surface area contributed by atoms with Crippen LogP contribution in [0.4, 0.5) is 17.1 Å². The Morgan fingerprint density at radius 3 is 2.33 bits per heavy atom. The monoisotopic (exact) mass is 468 g/mol. The fourth-order valence-corrected chi connectivity index (χ4v) is 3.97. The van der Waals surface area contributed by atoms with E-state index in [9.17, 15) is 17.8 Å². The SMILES string of the molecule is CC(=O)c1cccc(-c2ccc(N=Nc3cc(S(=O)(=O)[O-])c4ccccc4c3N)cn2)c1.[Na+]. The summed E-state index contributed by atoms with van der Waals surface area (Å²) >= 11 is 0. The Morgan fingerprint density at radius 2 is 1.70 bits per heavy atom. The molecule has 4 aromatic rings. The van der Waals surface area contributed by atoms with Crippen LogP contribution in [-0.2, 0) is 10.1 Å². The van der Waals surface area contributed by atoms with Crippen LogP contribution in [0.3, 0.4) is 0 Å². The van der Waals surface area contributed by atoms with Crippen LogP contribution in [0.5, 0.6) is 0 Å². The molecule has 0 saturated heterocycles. The second kappa shape index (κ2) is 9.90. The van der Waals surface area contributed by atoms with E-state index in [1.54, 1.807) is 48.5 Å². The number of aromatic nitrogens is 1. The van der Waals surface area contributed by atoms with Crippen LogP contribution in [0.15, 0.2) is 88.1 Å². The van der Waals surface area contributed by atoms with Gasteiger partial charge in [-0.2, -0.15) is 0 Å². The number of Topliss-reactive ketones (excluding diaryl/α,β-unsaturated/α-hetero) is 1. The molecule has 0 aliphatic carbocycles. The van der Waals surface area contributed by atoms with E-state index in [0.29, 0.717) is 22.3 Å². The van der Waals surface area contributed by atoms with Crippen molar-refractivity contribution in [2.75, 3.05) is 5.73 Å². The van der Waals surface area contributed by atoms with E-state index in [1.165, 1.54) is 19.2 Å². The number of hydrogen-bond donors (Lipinski definition) is 1. The van der Waals surface area contributed by atoms with Crippen LogP contribution in [0.2, 0.25) is 0 Å². The minimum atomic E-state index is -4.74. The maximum absolute atomic E-state index is 11.7. The zero-order valence-corrected chi connectivity index (χ0v) is 20.7. The number of pyridine rings is 1. The second-order valence-electron chi connectivity index (χ2n) is 7.05. The van der Waals surface area contributed by atoms with Crippen LogP contribution >= 0.6 is 0 Å². The van der Waals surface area contributed by atoms with E-state index in [-0.39, 0.29) is 52.1 Å². The van der Waals surface area contributed by atoms with E-state index in [4.69, 9.17) is 5.73 Å². The van der Waals surface area contributed by atoms with Crippen molar-refractivity contribution in [2.45, 2.75) is 11.8 Å². The number of carbonyl (C=O) groups excluding carboxylic acids is 1. The molecule has 160 valence electrons. The average molecular weight is 468 g/mol. The number of nitrogens with two attached hydrogens (primary N) is 1. The summed E-state index contributed by atoms with van der Waals surface area (Å²) in [5.74, 6) is -0.0373. The molecule has 0 aliphatic rings. The third-order valence-corrected chi connectivity index (χ3v) is 5.76. The minimum absolute atomic E-state index is 0. The van der Waals surface area contributed by atoms with E-state index < -0.39 is 15.0 Å². The molecule has 2 N–H and O–H groups in total. The van der Waals surface area contributed by atoms with Crippen molar-refractivity contribution in [3.8, 4) is 11.3 Å². The molecule has 1 heterocycles. The largest absolute Gasteiger partial charge is 1.00 e. The number of carbonyl (C=O) groups is 1. The molecule has 3 aromatic carbocycles. The Hall–Kier alpha value is -2.95. The zero-order chi connectivity index (χ0) is 22.9. The summed E-state index contributed by atoms with van der Waals surface area (Å²) in [5.41, 5.74) is 8.84. The molecule has 0 aliphatic heterocycles. The summed E-state index contributed by atoms with van der Waals surface area (Å²) in [7, 11) is -4.74. The maximum atomic E-state index is 11.7. The summed E-state index contributed by atoms with van der Waals surface area (Å²) in [4.78, 5) is 15.5. The molecule has 10 heteroatoms. The normalized spacial score (nSPS) is 11.5. The fraction of sp³-hybridized carbons (Fsp3) is 0.0435. The summed E-state index contributed by atoms with van der Waals surface area (Å²) in [6.45, 7) is 1.50. The van der Waals surface area contributed by atoms with Gasteiger partial charge in [0.25, 0.3) is 0 Å². The van der Waals surface area contributed by atoms with E-state index in [2.05, 4.69) is 15.2 Å². The summed E-state index contributed by atoms with van der Waals surface area (Å²) in [6, 6.07) is 18.1. The van der Waals surface area contributed by atoms with Gasteiger partial charge < -0.3 is 10.3 Å². The van der Waals surface area contributed by atoms with Gasteiger partial charge in [-0.15, -0.1) is 10.2 Å². The van der Waals surface area contributed by atoms with Crippen LogP contribution < -0.4 is 35.3 Å². The Morgan fingerprint density at radius 1 is 0.970 bits per heavy atom. The molecule has 0 atom stereocenters. The molecule has 8 nitrogen and oxygen atoms in total. The van der Waals surface area contributed by atoms with Gasteiger partial charge in [0.2, 0.25) is 0 Å². The predicted molar refractivity (Wildman–Crippen MR) is 120 cm³/mol. The molecule has 0 amide bonds. The number of nitrogens with zero attached hydrogens (tertiary/aromatic N) is 3. The number of azo groups is 1. The van der Waals surface area contributed by atoms with Crippen molar-refractivity contribution < 1.29 is 47.3 Å². The number of nitrogen functional groups attached to an aromatic ring is 1. The molecule has 0 radical (unpaired) electrons. The first-order valence-electron chi connectivity index (χ1n) is 9.50. The number of hydrogen-bond acceptors (Lipinski definition) is 8. The van der Waals surface area contributed by atoms with Crippen LogP contribution in [0.1, 0.15) is 17.3 Å². The molecule has 33 heavy (non-hydrogen) atoms. The Kier molecular flexibility index (Phi) is 7.41. The minimum Gasteiger partial charge on any atom is -0.744 e. The van der Waals surface area contributed by atoms with E-state index in [0.717, 1.165) is 11.6 Å². The second-order valence-corrected chi connectivity index (χ2v) is 8.39. The standard InChI is InChI=1S/C23H18N4O4S.Na/c1-14(28)15-5-4-6-16(11-15)20-10-9-17(13-25-20)26-27-21-12-22(32(29,30)31)18-7-2-3-8-19(18)23(21)24;/h2-13H,24H2,1H3,(H,29,30,31);/q;+1/p-1. The van der Waals surface area contributed by atoms with Gasteiger partial charge in [-0.25, -0.2) is 8.42 Å². The summed E-state index contributed by atoms with van der Waals surface area (Å²) in [5, 5.41) is 8.77. The van der Waals surface area contributed by atoms with Gasteiger partial charge in [-0.3, -0.25) is 9.78 Å². The predicted octanol–water partition coefficient (Wildman–Crippen LogP) is 2.01. The van der Waals surface area contributed by atoms with E-state index in [1.807, 2.05) is 6.07 Å². The number of rotatable bonds is 5. The van der Waals surface area contributed by atoms with Gasteiger partial charge in [0.15, 0.2) is 5.78 Å². The third-order valence-electron chi connectivity index (χ3n) is 4.88. The molecular formula is C23H17N4NaO4S. The molecule has 0 spiro atoms. The van der Waals surface area contributed by atoms with Crippen molar-refractivity contribution in [1.29, 1.82) is 0 Å². The molecule has 4 rings (SSSR count). The zero-order valence-electron chi connectivity index (χ0n) is 17.9. The van der Waals surface area contributed by atoms with Crippen molar-refractivity contribution in [2.24, 2.45) is 10.2 Å². The van der Waals surface area contributed by atoms with Crippen molar-refractivity contribution >= 4 is 43.7 Å². The fourth-order valence-electron chi connectivity index (χ4n) is 3.27. The van der Waals surface area contributed by atoms with Crippen molar-refractivity contribution in [3.63, 3.8) is 0 Å².